The molecule has 1 atom stereocenters. The van der Waals surface area contributed by atoms with E-state index in [-0.39, 0.29) is 19.0 Å². The molecule has 3 amide bonds. The zero-order valence-corrected chi connectivity index (χ0v) is 11.0. The quantitative estimate of drug-likeness (QED) is 0.601. The highest BCUT2D eigenvalue weighted by molar-refractivity contribution is 6.04. The van der Waals surface area contributed by atoms with Crippen molar-refractivity contribution in [1.29, 1.82) is 0 Å². The van der Waals surface area contributed by atoms with Crippen molar-refractivity contribution in [3.05, 3.63) is 0 Å². The third kappa shape index (κ3) is 2.48. The molecule has 3 N–H and O–H groups in total. The Morgan fingerprint density at radius 2 is 2.11 bits per heavy atom. The van der Waals surface area contributed by atoms with Crippen molar-refractivity contribution < 1.29 is 19.1 Å². The molecule has 0 aliphatic carbocycles. The molecular weight excluding hydrogens is 250 g/mol. The van der Waals surface area contributed by atoms with E-state index in [0.29, 0.717) is 26.1 Å². The van der Waals surface area contributed by atoms with Crippen LogP contribution < -0.4 is 11.1 Å². The van der Waals surface area contributed by atoms with Gasteiger partial charge in [-0.25, -0.2) is 0 Å². The summed E-state index contributed by atoms with van der Waals surface area (Å²) < 4.78 is 5.26. The van der Waals surface area contributed by atoms with E-state index in [0.717, 1.165) is 0 Å². The zero-order chi connectivity index (χ0) is 14.0. The lowest BCUT2D eigenvalue weighted by molar-refractivity contribution is -0.158. The highest BCUT2D eigenvalue weighted by atomic mass is 16.5. The average molecular weight is 269 g/mol. The van der Waals surface area contributed by atoms with E-state index < -0.39 is 23.3 Å². The molecule has 2 heterocycles. The summed E-state index contributed by atoms with van der Waals surface area (Å²) in [6.07, 6.45) is 1.06. The lowest BCUT2D eigenvalue weighted by atomic mass is 9.78. The predicted molar refractivity (Wildman–Crippen MR) is 65.9 cm³/mol. The topological polar surface area (TPSA) is 102 Å². The molecule has 0 aromatic rings. The first kappa shape index (κ1) is 14.0. The second-order valence-electron chi connectivity index (χ2n) is 5.12. The second-order valence-corrected chi connectivity index (χ2v) is 5.12. The molecule has 2 saturated heterocycles. The van der Waals surface area contributed by atoms with Crippen molar-refractivity contribution in [2.24, 2.45) is 11.1 Å². The minimum atomic E-state index is -0.704. The number of carbonyl (C=O) groups is 3. The number of rotatable bonds is 2. The average Bonchev–Trinajstić information content (AvgIpc) is 2.42. The largest absolute Gasteiger partial charge is 0.381 e. The first-order chi connectivity index (χ1) is 9.00. The van der Waals surface area contributed by atoms with Gasteiger partial charge in [0.25, 0.3) is 0 Å². The number of nitrogens with zero attached hydrogens (tertiary/aromatic N) is 1. The molecule has 7 nitrogen and oxygen atoms in total. The van der Waals surface area contributed by atoms with Gasteiger partial charge in [-0.05, 0) is 19.8 Å². The van der Waals surface area contributed by atoms with Gasteiger partial charge in [-0.3, -0.25) is 19.7 Å². The fourth-order valence-electron chi connectivity index (χ4n) is 2.53. The number of nitrogens with one attached hydrogen (secondary N) is 1. The Balaban J connectivity index is 2.21. The summed E-state index contributed by atoms with van der Waals surface area (Å²) in [5.74, 6) is -1.10. The van der Waals surface area contributed by atoms with Crippen LogP contribution in [0.1, 0.15) is 19.8 Å². The van der Waals surface area contributed by atoms with Gasteiger partial charge in [-0.2, -0.15) is 0 Å². The summed E-state index contributed by atoms with van der Waals surface area (Å²) in [6, 6.07) is -0.642. The van der Waals surface area contributed by atoms with Gasteiger partial charge in [0.15, 0.2) is 0 Å². The minimum Gasteiger partial charge on any atom is -0.381 e. The highest BCUT2D eigenvalue weighted by Crippen LogP contribution is 2.32. The Labute approximate surface area is 111 Å². The molecule has 2 fully saturated rings. The van der Waals surface area contributed by atoms with Gasteiger partial charge >= 0.3 is 0 Å². The van der Waals surface area contributed by atoms with Gasteiger partial charge in [0.2, 0.25) is 17.7 Å². The van der Waals surface area contributed by atoms with Gasteiger partial charge in [0.1, 0.15) is 12.6 Å². The molecule has 106 valence electrons. The Kier molecular flexibility index (Phi) is 3.86. The third-order valence-electron chi connectivity index (χ3n) is 3.98. The smallest absolute Gasteiger partial charge is 0.249 e. The van der Waals surface area contributed by atoms with E-state index in [1.165, 1.54) is 4.90 Å². The van der Waals surface area contributed by atoms with Crippen LogP contribution in [0.5, 0.6) is 0 Å². The van der Waals surface area contributed by atoms with Crippen LogP contribution >= 0.6 is 0 Å². The molecule has 1 unspecified atom stereocenters. The molecular formula is C12H19N3O4. The maximum Gasteiger partial charge on any atom is 0.249 e. The van der Waals surface area contributed by atoms with E-state index in [1.807, 2.05) is 0 Å². The van der Waals surface area contributed by atoms with E-state index >= 15 is 0 Å². The number of carbonyl (C=O) groups excluding carboxylic acids is 3. The zero-order valence-electron chi connectivity index (χ0n) is 11.0. The maximum absolute atomic E-state index is 12.7. The van der Waals surface area contributed by atoms with Crippen LogP contribution in [0.3, 0.4) is 0 Å². The monoisotopic (exact) mass is 269 g/mol. The van der Waals surface area contributed by atoms with Crippen LogP contribution in [0.25, 0.3) is 0 Å². The lowest BCUT2D eigenvalue weighted by Crippen LogP contribution is -2.62. The summed E-state index contributed by atoms with van der Waals surface area (Å²) in [5.41, 5.74) is 5.07. The maximum atomic E-state index is 12.7. The van der Waals surface area contributed by atoms with Gasteiger partial charge in [-0.15, -0.1) is 0 Å². The summed E-state index contributed by atoms with van der Waals surface area (Å²) in [6.45, 7) is 2.68. The minimum absolute atomic E-state index is 0.0889. The van der Waals surface area contributed by atoms with E-state index in [4.69, 9.17) is 10.5 Å². The van der Waals surface area contributed by atoms with Crippen molar-refractivity contribution in [3.8, 4) is 0 Å². The van der Waals surface area contributed by atoms with Gasteiger partial charge in [0, 0.05) is 19.8 Å². The van der Waals surface area contributed by atoms with Crippen LogP contribution in [0.15, 0.2) is 0 Å². The summed E-state index contributed by atoms with van der Waals surface area (Å²) >= 11 is 0. The summed E-state index contributed by atoms with van der Waals surface area (Å²) in [5, 5.41) is 2.22. The molecule has 0 aromatic heterocycles. The number of amides is 3. The van der Waals surface area contributed by atoms with Crippen LogP contribution in [0.4, 0.5) is 0 Å². The van der Waals surface area contributed by atoms with Crippen molar-refractivity contribution >= 4 is 17.7 Å². The fourth-order valence-corrected chi connectivity index (χ4v) is 2.53. The number of hydrogen-bond donors (Lipinski definition) is 2. The molecule has 0 bridgehead atoms. The van der Waals surface area contributed by atoms with Gasteiger partial charge in [-0.1, -0.05) is 0 Å². The molecule has 0 radical (unpaired) electrons. The van der Waals surface area contributed by atoms with Crippen molar-refractivity contribution in [2.75, 3.05) is 26.3 Å². The molecule has 2 aliphatic heterocycles. The standard InChI is InChI=1S/C12H19N3O4/c1-8-10(17)14-9(16)6-15(8)11(18)12(7-13)2-4-19-5-3-12/h8H,2-7,13H2,1H3,(H,14,16,17). The van der Waals surface area contributed by atoms with Crippen molar-refractivity contribution in [2.45, 2.75) is 25.8 Å². The predicted octanol–water partition coefficient (Wildman–Crippen LogP) is -1.38. The van der Waals surface area contributed by atoms with Crippen molar-refractivity contribution in [1.82, 2.24) is 10.2 Å². The van der Waals surface area contributed by atoms with Crippen LogP contribution in [-0.2, 0) is 19.1 Å². The first-order valence-electron chi connectivity index (χ1n) is 6.43. The Hall–Kier alpha value is -1.47. The van der Waals surface area contributed by atoms with E-state index in [2.05, 4.69) is 5.32 Å². The number of piperazine rings is 1. The van der Waals surface area contributed by atoms with Gasteiger partial charge in [0.05, 0.1) is 5.41 Å². The summed E-state index contributed by atoms with van der Waals surface area (Å²) in [4.78, 5) is 37.0. The highest BCUT2D eigenvalue weighted by Gasteiger charge is 2.45. The molecule has 0 saturated carbocycles. The van der Waals surface area contributed by atoms with Crippen molar-refractivity contribution in [3.63, 3.8) is 0 Å². The fraction of sp³-hybridized carbons (Fsp3) is 0.750. The number of hydrogen-bond acceptors (Lipinski definition) is 5. The second kappa shape index (κ2) is 5.26. The third-order valence-corrected chi connectivity index (χ3v) is 3.98. The van der Waals surface area contributed by atoms with Crippen LogP contribution in [0.2, 0.25) is 0 Å². The normalized spacial score (nSPS) is 27.1. The molecule has 7 heteroatoms. The van der Waals surface area contributed by atoms with E-state index in [1.54, 1.807) is 6.92 Å². The Morgan fingerprint density at radius 1 is 1.47 bits per heavy atom. The van der Waals surface area contributed by atoms with Gasteiger partial charge < -0.3 is 15.4 Å². The number of ether oxygens (including phenoxy) is 1. The number of imide groups is 1. The van der Waals surface area contributed by atoms with Crippen LogP contribution in [-0.4, -0.2) is 55.0 Å². The van der Waals surface area contributed by atoms with Crippen LogP contribution in [0, 0.1) is 5.41 Å². The summed E-state index contributed by atoms with van der Waals surface area (Å²) in [7, 11) is 0. The molecule has 0 aromatic carbocycles. The number of nitrogens with two attached hydrogens (primary N) is 1. The molecule has 19 heavy (non-hydrogen) atoms. The molecule has 0 spiro atoms. The molecule has 2 aliphatic rings. The van der Waals surface area contributed by atoms with E-state index in [9.17, 15) is 14.4 Å². The first-order valence-corrected chi connectivity index (χ1v) is 6.43. The SMILES string of the molecule is CC1C(=O)NC(=O)CN1C(=O)C1(CN)CCOCC1. The Morgan fingerprint density at radius 3 is 2.68 bits per heavy atom. The lowest BCUT2D eigenvalue weighted by Gasteiger charge is -2.41. The molecule has 2 rings (SSSR count). The Bertz CT molecular complexity index is 404.